The first-order valence-corrected chi connectivity index (χ1v) is 9.74. The van der Waals surface area contributed by atoms with Gasteiger partial charge in [0.15, 0.2) is 0 Å². The number of hydrogen-bond acceptors (Lipinski definition) is 3. The van der Waals surface area contributed by atoms with Crippen molar-refractivity contribution in [3.63, 3.8) is 0 Å². The van der Waals surface area contributed by atoms with Gasteiger partial charge in [-0.3, -0.25) is 4.79 Å². The van der Waals surface area contributed by atoms with Crippen LogP contribution in [0.1, 0.15) is 43.9 Å². The first kappa shape index (κ1) is 25.0. The highest BCUT2D eigenvalue weighted by Crippen LogP contribution is 2.25. The molecule has 0 fully saturated rings. The number of carboxylic acids is 1. The second-order valence-electron chi connectivity index (χ2n) is 7.67. The Kier molecular flexibility index (Phi) is 10.2. The molecule has 0 aromatic heterocycles. The van der Waals surface area contributed by atoms with Gasteiger partial charge in [-0.25, -0.2) is 0 Å². The quantitative estimate of drug-likeness (QED) is 0.492. The minimum Gasteiger partial charge on any atom is -0.489 e. The van der Waals surface area contributed by atoms with Crippen molar-refractivity contribution in [1.29, 1.82) is 0 Å². The van der Waals surface area contributed by atoms with Crippen molar-refractivity contribution >= 4 is 36.1 Å². The second kappa shape index (κ2) is 11.9. The molecule has 6 heteroatoms. The number of hydrogen-bond donors (Lipinski definition) is 2. The zero-order valence-corrected chi connectivity index (χ0v) is 18.6. The van der Waals surface area contributed by atoms with Crippen molar-refractivity contribution in [1.82, 2.24) is 5.32 Å². The molecular formula is C23H29Cl2NO3. The van der Waals surface area contributed by atoms with E-state index in [0.29, 0.717) is 24.7 Å². The fraction of sp³-hybridized carbons (Fsp3) is 0.348. The number of rotatable bonds is 9. The highest BCUT2D eigenvalue weighted by Gasteiger charge is 2.12. The zero-order chi connectivity index (χ0) is 20.6. The molecular weight excluding hydrogens is 409 g/mol. The third-order valence-corrected chi connectivity index (χ3v) is 4.60. The SMILES string of the molecule is CC(C)(C)c1ccc(COc2ccc(C=CCNCCC(=O)O)c(Cl)c2)cc1.Cl. The number of ether oxygens (including phenoxy) is 1. The van der Waals surface area contributed by atoms with E-state index in [2.05, 4.69) is 50.4 Å². The maximum Gasteiger partial charge on any atom is 0.304 e. The summed E-state index contributed by atoms with van der Waals surface area (Å²) in [5.74, 6) is -0.0816. The first-order chi connectivity index (χ1) is 13.3. The Morgan fingerprint density at radius 2 is 1.86 bits per heavy atom. The molecule has 0 amide bonds. The van der Waals surface area contributed by atoms with Crippen LogP contribution in [0.3, 0.4) is 0 Å². The number of aliphatic carboxylic acids is 1. The van der Waals surface area contributed by atoms with Crippen molar-refractivity contribution in [3.05, 3.63) is 70.3 Å². The van der Waals surface area contributed by atoms with Gasteiger partial charge in [0.05, 0.1) is 11.4 Å². The summed E-state index contributed by atoms with van der Waals surface area (Å²) >= 11 is 6.33. The number of carboxylic acid groups (broad SMARTS) is 1. The van der Waals surface area contributed by atoms with E-state index in [9.17, 15) is 4.79 Å². The summed E-state index contributed by atoms with van der Waals surface area (Å²) in [6.45, 7) is 8.11. The van der Waals surface area contributed by atoms with Gasteiger partial charge in [0.25, 0.3) is 0 Å². The van der Waals surface area contributed by atoms with E-state index < -0.39 is 5.97 Å². The molecule has 0 aliphatic carbocycles. The van der Waals surface area contributed by atoms with Gasteiger partial charge < -0.3 is 15.2 Å². The minimum absolute atomic E-state index is 0. The van der Waals surface area contributed by atoms with Gasteiger partial charge in [-0.05, 0) is 40.3 Å². The van der Waals surface area contributed by atoms with E-state index in [-0.39, 0.29) is 24.2 Å². The van der Waals surface area contributed by atoms with E-state index in [4.69, 9.17) is 21.4 Å². The number of halogens is 2. The van der Waals surface area contributed by atoms with Crippen LogP contribution in [0.25, 0.3) is 6.08 Å². The molecule has 4 nitrogen and oxygen atoms in total. The fourth-order valence-electron chi connectivity index (χ4n) is 2.57. The van der Waals surface area contributed by atoms with Gasteiger partial charge in [0.2, 0.25) is 0 Å². The molecule has 29 heavy (non-hydrogen) atoms. The topological polar surface area (TPSA) is 58.6 Å². The van der Waals surface area contributed by atoms with Crippen molar-refractivity contribution in [3.8, 4) is 5.75 Å². The van der Waals surface area contributed by atoms with E-state index >= 15 is 0 Å². The van der Waals surface area contributed by atoms with Crippen LogP contribution in [0.15, 0.2) is 48.5 Å². The zero-order valence-electron chi connectivity index (χ0n) is 17.1. The molecule has 2 rings (SSSR count). The number of carbonyl (C=O) groups is 1. The highest BCUT2D eigenvalue weighted by atomic mass is 35.5. The lowest BCUT2D eigenvalue weighted by Crippen LogP contribution is -2.17. The van der Waals surface area contributed by atoms with Crippen LogP contribution in [0.4, 0.5) is 0 Å². The highest BCUT2D eigenvalue weighted by molar-refractivity contribution is 6.32. The van der Waals surface area contributed by atoms with Gasteiger partial charge in [-0.1, -0.05) is 68.8 Å². The Morgan fingerprint density at radius 3 is 2.45 bits per heavy atom. The lowest BCUT2D eigenvalue weighted by atomic mass is 9.87. The standard InChI is InChI=1S/C23H28ClNO3.ClH/c1-23(2,3)19-9-6-17(7-10-19)16-28-20-11-8-18(21(24)15-20)5-4-13-25-14-12-22(26)27;/h4-11,15,25H,12-14,16H2,1-3H3,(H,26,27);1H. The van der Waals surface area contributed by atoms with Gasteiger partial charge >= 0.3 is 5.97 Å². The predicted octanol–water partition coefficient (Wildman–Crippen LogP) is 5.72. The van der Waals surface area contributed by atoms with Crippen LogP contribution in [-0.2, 0) is 16.8 Å². The Labute approximate surface area is 184 Å². The Bertz CT molecular complexity index is 812. The Hall–Kier alpha value is -2.01. The lowest BCUT2D eigenvalue weighted by molar-refractivity contribution is -0.136. The molecule has 0 atom stereocenters. The smallest absolute Gasteiger partial charge is 0.304 e. The molecule has 0 unspecified atom stereocenters. The number of nitrogens with one attached hydrogen (secondary N) is 1. The molecule has 0 saturated carbocycles. The van der Waals surface area contributed by atoms with Gasteiger partial charge in [0.1, 0.15) is 12.4 Å². The third kappa shape index (κ3) is 8.90. The summed E-state index contributed by atoms with van der Waals surface area (Å²) in [7, 11) is 0. The van der Waals surface area contributed by atoms with Crippen LogP contribution in [0.5, 0.6) is 5.75 Å². The van der Waals surface area contributed by atoms with Gasteiger partial charge in [-0.15, -0.1) is 12.4 Å². The normalized spacial score (nSPS) is 11.3. The van der Waals surface area contributed by atoms with Crippen LogP contribution in [0.2, 0.25) is 5.02 Å². The molecule has 2 aromatic carbocycles. The maximum absolute atomic E-state index is 10.4. The molecule has 0 radical (unpaired) electrons. The van der Waals surface area contributed by atoms with E-state index in [0.717, 1.165) is 16.9 Å². The molecule has 2 N–H and O–H groups in total. The number of benzene rings is 2. The van der Waals surface area contributed by atoms with Gasteiger partial charge in [-0.2, -0.15) is 0 Å². The lowest BCUT2D eigenvalue weighted by Gasteiger charge is -2.19. The van der Waals surface area contributed by atoms with E-state index in [1.807, 2.05) is 30.4 Å². The summed E-state index contributed by atoms with van der Waals surface area (Å²) < 4.78 is 5.86. The van der Waals surface area contributed by atoms with Gasteiger partial charge in [0, 0.05) is 13.1 Å². The van der Waals surface area contributed by atoms with Crippen LogP contribution in [-0.4, -0.2) is 24.2 Å². The third-order valence-electron chi connectivity index (χ3n) is 4.27. The minimum atomic E-state index is -0.805. The van der Waals surface area contributed by atoms with Crippen LogP contribution in [0, 0.1) is 0 Å². The van der Waals surface area contributed by atoms with Crippen molar-refractivity contribution < 1.29 is 14.6 Å². The van der Waals surface area contributed by atoms with E-state index in [1.165, 1.54) is 5.56 Å². The first-order valence-electron chi connectivity index (χ1n) is 9.36. The molecule has 2 aromatic rings. The summed E-state index contributed by atoms with van der Waals surface area (Å²) in [5.41, 5.74) is 3.44. The van der Waals surface area contributed by atoms with Crippen LogP contribution < -0.4 is 10.1 Å². The van der Waals surface area contributed by atoms with Crippen LogP contribution >= 0.6 is 24.0 Å². The molecule has 0 heterocycles. The molecule has 0 aliphatic heterocycles. The van der Waals surface area contributed by atoms with E-state index in [1.54, 1.807) is 0 Å². The molecule has 0 saturated heterocycles. The average Bonchev–Trinajstić information content (AvgIpc) is 2.63. The Balaban J connectivity index is 0.00000420. The summed E-state index contributed by atoms with van der Waals surface area (Å²) in [4.78, 5) is 10.4. The van der Waals surface area contributed by atoms with Crippen molar-refractivity contribution in [2.24, 2.45) is 0 Å². The predicted molar refractivity (Wildman–Crippen MR) is 122 cm³/mol. The summed E-state index contributed by atoms with van der Waals surface area (Å²) in [5, 5.41) is 12.2. The Morgan fingerprint density at radius 1 is 1.17 bits per heavy atom. The fourth-order valence-corrected chi connectivity index (χ4v) is 2.80. The van der Waals surface area contributed by atoms with Crippen molar-refractivity contribution in [2.45, 2.75) is 39.2 Å². The second-order valence-corrected chi connectivity index (χ2v) is 8.08. The molecule has 0 spiro atoms. The maximum atomic E-state index is 10.4. The largest absolute Gasteiger partial charge is 0.489 e. The summed E-state index contributed by atoms with van der Waals surface area (Å²) in [6.07, 6.45) is 3.94. The monoisotopic (exact) mass is 437 g/mol. The average molecular weight is 438 g/mol. The summed E-state index contributed by atoms with van der Waals surface area (Å²) in [6, 6.07) is 14.1. The molecule has 0 aliphatic rings. The molecule has 0 bridgehead atoms. The molecule has 158 valence electrons. The van der Waals surface area contributed by atoms with Crippen molar-refractivity contribution in [2.75, 3.05) is 13.1 Å².